The molecule has 0 spiro atoms. The molecular formula is C12H12BNO. The van der Waals surface area contributed by atoms with Gasteiger partial charge in [-0.1, -0.05) is 0 Å². The van der Waals surface area contributed by atoms with Crippen molar-refractivity contribution in [2.45, 2.75) is 6.92 Å². The fourth-order valence-electron chi connectivity index (χ4n) is 1.18. The van der Waals surface area contributed by atoms with E-state index >= 15 is 0 Å². The van der Waals surface area contributed by atoms with Gasteiger partial charge < -0.3 is 0 Å². The second-order valence-electron chi connectivity index (χ2n) is 3.16. The van der Waals surface area contributed by atoms with Gasteiger partial charge in [-0.25, -0.2) is 0 Å². The van der Waals surface area contributed by atoms with E-state index in [9.17, 15) is 4.79 Å². The molecule has 0 N–H and O–H groups in total. The van der Waals surface area contributed by atoms with Crippen LogP contribution in [0.5, 0.6) is 0 Å². The van der Waals surface area contributed by atoms with Gasteiger partial charge in [0.2, 0.25) is 0 Å². The summed E-state index contributed by atoms with van der Waals surface area (Å²) in [4.78, 5) is 15.4. The van der Waals surface area contributed by atoms with Gasteiger partial charge in [0, 0.05) is 0 Å². The van der Waals surface area contributed by atoms with Gasteiger partial charge in [-0.3, -0.25) is 0 Å². The summed E-state index contributed by atoms with van der Waals surface area (Å²) < 4.78 is 0. The summed E-state index contributed by atoms with van der Waals surface area (Å²) in [6.07, 6.45) is 1.63. The van der Waals surface area contributed by atoms with Gasteiger partial charge in [0.15, 0.2) is 0 Å². The Balaban J connectivity index is 3.29. The van der Waals surface area contributed by atoms with Crippen LogP contribution in [-0.4, -0.2) is 24.2 Å². The second-order valence-corrected chi connectivity index (χ2v) is 3.16. The molecule has 0 bridgehead atoms. The number of Topliss-reactive ketones (excluding diaryl/α,β-unsaturated/α-hetero) is 1. The molecule has 2 nitrogen and oxygen atoms in total. The van der Waals surface area contributed by atoms with Crippen LogP contribution in [0.4, 0.5) is 0 Å². The molecule has 1 heterocycles. The molecule has 3 heteroatoms. The van der Waals surface area contributed by atoms with Crippen molar-refractivity contribution in [1.29, 1.82) is 0 Å². The van der Waals surface area contributed by atoms with E-state index in [-0.39, 0.29) is 5.78 Å². The molecule has 0 saturated carbocycles. The van der Waals surface area contributed by atoms with Crippen LogP contribution in [0.2, 0.25) is 0 Å². The molecule has 0 amide bonds. The van der Waals surface area contributed by atoms with Gasteiger partial charge in [-0.2, -0.15) is 0 Å². The van der Waals surface area contributed by atoms with Crippen molar-refractivity contribution in [2.75, 3.05) is 0 Å². The number of hydrogen-bond acceptors (Lipinski definition) is 2. The molecular weight excluding hydrogens is 185 g/mol. The number of aromatic nitrogens is 1. The van der Waals surface area contributed by atoms with Crippen LogP contribution < -0.4 is 0 Å². The van der Waals surface area contributed by atoms with Crippen molar-refractivity contribution < 1.29 is 4.79 Å². The molecule has 1 aromatic heterocycles. The van der Waals surface area contributed by atoms with Crippen LogP contribution in [0.1, 0.15) is 18.2 Å². The Morgan fingerprint density at radius 3 is 2.67 bits per heavy atom. The molecule has 0 aromatic carbocycles. The first-order valence-corrected chi connectivity index (χ1v) is 4.55. The molecule has 0 aliphatic carbocycles. The van der Waals surface area contributed by atoms with E-state index in [0.29, 0.717) is 11.3 Å². The average Bonchev–Trinajstić information content (AvgIpc) is 2.27. The van der Waals surface area contributed by atoms with Crippen molar-refractivity contribution in [1.82, 2.24) is 4.98 Å². The van der Waals surface area contributed by atoms with Gasteiger partial charge in [0.05, 0.1) is 0 Å². The van der Waals surface area contributed by atoms with Crippen LogP contribution >= 0.6 is 0 Å². The Hall–Kier alpha value is -1.77. The molecule has 74 valence electrons. The Morgan fingerprint density at radius 2 is 2.13 bits per heavy atom. The van der Waals surface area contributed by atoms with E-state index in [1.807, 2.05) is 6.07 Å². The number of pyridine rings is 1. The van der Waals surface area contributed by atoms with Gasteiger partial charge in [-0.15, -0.1) is 0 Å². The summed E-state index contributed by atoms with van der Waals surface area (Å²) in [7, 11) is 0. The Morgan fingerprint density at radius 1 is 1.47 bits per heavy atom. The zero-order valence-corrected chi connectivity index (χ0v) is 8.79. The van der Waals surface area contributed by atoms with Gasteiger partial charge in [-0.05, 0) is 0 Å². The summed E-state index contributed by atoms with van der Waals surface area (Å²) in [5, 5.41) is 0. The van der Waals surface area contributed by atoms with E-state index in [1.165, 1.54) is 6.92 Å². The molecule has 0 aliphatic heterocycles. The van der Waals surface area contributed by atoms with Crippen LogP contribution in [0, 0.1) is 0 Å². The van der Waals surface area contributed by atoms with E-state index in [0.717, 1.165) is 11.0 Å². The molecule has 15 heavy (non-hydrogen) atoms. The molecule has 1 aromatic rings. The van der Waals surface area contributed by atoms with Crippen molar-refractivity contribution in [3.05, 3.63) is 42.7 Å². The molecule has 0 fully saturated rings. The predicted octanol–water partition coefficient (Wildman–Crippen LogP) is 1.79. The standard InChI is InChI=1S/C12H12BNO/c1-8(10(3)15)12-11(9(2)13-4)6-5-7-14-12/h5-7H,1-2,4H2,3H3. The molecule has 0 unspecified atom stereocenters. The van der Waals surface area contributed by atoms with Crippen molar-refractivity contribution >= 4 is 30.2 Å². The van der Waals surface area contributed by atoms with E-state index in [4.69, 9.17) is 0 Å². The van der Waals surface area contributed by atoms with Crippen LogP contribution in [0.3, 0.4) is 0 Å². The molecule has 0 radical (unpaired) electrons. The average molecular weight is 197 g/mol. The van der Waals surface area contributed by atoms with Crippen molar-refractivity contribution in [3.63, 3.8) is 0 Å². The maximum absolute atomic E-state index is 11.2. The van der Waals surface area contributed by atoms with E-state index in [1.54, 1.807) is 19.2 Å². The van der Waals surface area contributed by atoms with Crippen LogP contribution in [0.15, 0.2) is 31.5 Å². The molecule has 1 rings (SSSR count). The Kier molecular flexibility index (Phi) is 3.50. The summed E-state index contributed by atoms with van der Waals surface area (Å²) in [5.41, 5.74) is 2.51. The number of rotatable bonds is 4. The number of ketones is 1. The quantitative estimate of drug-likeness (QED) is 0.544. The molecule has 0 atom stereocenters. The third-order valence-corrected chi connectivity index (χ3v) is 2.11. The minimum absolute atomic E-state index is 0.0909. The van der Waals surface area contributed by atoms with Crippen molar-refractivity contribution in [3.8, 4) is 0 Å². The number of carbonyl (C=O) groups is 1. The zero-order chi connectivity index (χ0) is 11.4. The van der Waals surface area contributed by atoms with E-state index < -0.39 is 0 Å². The summed E-state index contributed by atoms with van der Waals surface area (Å²) in [6, 6.07) is 3.64. The zero-order valence-electron chi connectivity index (χ0n) is 8.79. The first-order chi connectivity index (χ1) is 7.07. The van der Waals surface area contributed by atoms with Crippen molar-refractivity contribution in [2.24, 2.45) is 0 Å². The topological polar surface area (TPSA) is 30.0 Å². The number of allylic oxidation sites excluding steroid dienone is 1. The third-order valence-electron chi connectivity index (χ3n) is 2.11. The van der Waals surface area contributed by atoms with Crippen LogP contribution in [0.25, 0.3) is 11.0 Å². The maximum atomic E-state index is 11.2. The first kappa shape index (κ1) is 11.3. The Labute approximate surface area is 90.3 Å². The number of nitrogens with zero attached hydrogens (tertiary/aromatic N) is 1. The van der Waals surface area contributed by atoms with Gasteiger partial charge in [0.25, 0.3) is 0 Å². The van der Waals surface area contributed by atoms with Gasteiger partial charge >= 0.3 is 89.7 Å². The summed E-state index contributed by atoms with van der Waals surface area (Å²) in [5.74, 6) is -0.0909. The normalized spacial score (nSPS) is 9.13. The molecule has 0 aliphatic rings. The summed E-state index contributed by atoms with van der Waals surface area (Å²) in [6.45, 7) is 14.3. The monoisotopic (exact) mass is 197 g/mol. The SMILES string of the molecule is C=BC(=C)c1cccnc1C(=C)C(C)=O. The first-order valence-electron chi connectivity index (χ1n) is 4.55. The summed E-state index contributed by atoms with van der Waals surface area (Å²) >= 11 is 0. The second kappa shape index (κ2) is 4.64. The fraction of sp³-hybridized carbons (Fsp3) is 0.0833. The fourth-order valence-corrected chi connectivity index (χ4v) is 1.18. The third kappa shape index (κ3) is 2.37. The Bertz CT molecular complexity index is 449. The molecule has 0 saturated heterocycles. The van der Waals surface area contributed by atoms with Gasteiger partial charge in [0.1, 0.15) is 0 Å². The number of carbonyl (C=O) groups excluding carboxylic acids is 1. The van der Waals surface area contributed by atoms with Crippen LogP contribution in [-0.2, 0) is 4.79 Å². The van der Waals surface area contributed by atoms with E-state index in [2.05, 4.69) is 24.6 Å². The predicted molar refractivity (Wildman–Crippen MR) is 65.9 cm³/mol. The number of hydrogen-bond donors (Lipinski definition) is 0. The minimum atomic E-state index is -0.0909.